The van der Waals surface area contributed by atoms with Crippen molar-refractivity contribution in [3.63, 3.8) is 0 Å². The highest BCUT2D eigenvalue weighted by Gasteiger charge is 2.34. The van der Waals surface area contributed by atoms with Crippen LogP contribution in [0.25, 0.3) is 0 Å². The zero-order valence-electron chi connectivity index (χ0n) is 10.4. The number of benzene rings is 1. The van der Waals surface area contributed by atoms with E-state index in [1.807, 2.05) is 0 Å². The number of nitro groups is 2. The zero-order chi connectivity index (χ0) is 14.4. The smallest absolute Gasteiger partial charge is 0.273 e. The van der Waals surface area contributed by atoms with Crippen LogP contribution >= 0.6 is 0 Å². The predicted molar refractivity (Wildman–Crippen MR) is 67.6 cm³/mol. The fraction of sp³-hybridized carbons (Fsp3) is 0.417. The van der Waals surface area contributed by atoms with Crippen LogP contribution < -0.4 is 0 Å². The molecular weight excluding hydrogens is 252 g/mol. The molecular formula is C12H14N2O5. The molecule has 0 N–H and O–H groups in total. The second-order valence-electron chi connectivity index (χ2n) is 4.09. The average Bonchev–Trinajstić information content (AvgIpc) is 2.38. The molecule has 0 spiro atoms. The van der Waals surface area contributed by atoms with Crippen LogP contribution in [0.1, 0.15) is 31.2 Å². The summed E-state index contributed by atoms with van der Waals surface area (Å²) in [5, 5.41) is 22.0. The first-order valence-corrected chi connectivity index (χ1v) is 5.83. The lowest BCUT2D eigenvalue weighted by atomic mass is 9.87. The highest BCUT2D eigenvalue weighted by Crippen LogP contribution is 2.32. The number of carbonyl (C=O) groups excluding carboxylic acids is 1. The largest absolute Gasteiger partial charge is 0.303 e. The normalized spacial score (nSPS) is 13.5. The van der Waals surface area contributed by atoms with Crippen LogP contribution in [0.15, 0.2) is 24.3 Å². The Morgan fingerprint density at radius 3 is 2.37 bits per heavy atom. The molecule has 0 aromatic heterocycles. The molecule has 7 heteroatoms. The van der Waals surface area contributed by atoms with Gasteiger partial charge in [-0.1, -0.05) is 25.1 Å². The highest BCUT2D eigenvalue weighted by atomic mass is 16.6. The third-order valence-electron chi connectivity index (χ3n) is 3.04. The zero-order valence-corrected chi connectivity index (χ0v) is 10.4. The van der Waals surface area contributed by atoms with Gasteiger partial charge in [0.1, 0.15) is 6.29 Å². The number of nitro benzene ring substituents is 1. The number of carbonyl (C=O) groups is 1. The van der Waals surface area contributed by atoms with Crippen LogP contribution in [0.5, 0.6) is 0 Å². The van der Waals surface area contributed by atoms with E-state index in [2.05, 4.69) is 0 Å². The molecule has 0 unspecified atom stereocenters. The lowest BCUT2D eigenvalue weighted by Gasteiger charge is -2.18. The van der Waals surface area contributed by atoms with Crippen molar-refractivity contribution in [3.8, 4) is 0 Å². The second-order valence-corrected chi connectivity index (χ2v) is 4.09. The molecule has 0 aliphatic carbocycles. The maximum absolute atomic E-state index is 11.0. The fourth-order valence-electron chi connectivity index (χ4n) is 2.14. The molecule has 0 bridgehead atoms. The maximum atomic E-state index is 11.0. The quantitative estimate of drug-likeness (QED) is 0.428. The van der Waals surface area contributed by atoms with Crippen molar-refractivity contribution in [1.82, 2.24) is 0 Å². The standard InChI is InChI=1S/C12H14N2O5/c1-2-11(13(16)17)10(7-8-15)9-5-3-4-6-12(9)14(18)19/h3-6,8,10-11H,2,7H2,1H3/t10-,11-/m0/s1. The second kappa shape index (κ2) is 6.58. The van der Waals surface area contributed by atoms with E-state index < -0.39 is 21.8 Å². The van der Waals surface area contributed by atoms with Crippen LogP contribution in [0.2, 0.25) is 0 Å². The summed E-state index contributed by atoms with van der Waals surface area (Å²) < 4.78 is 0. The minimum absolute atomic E-state index is 0.107. The Morgan fingerprint density at radius 1 is 1.26 bits per heavy atom. The van der Waals surface area contributed by atoms with Crippen molar-refractivity contribution in [2.45, 2.75) is 31.7 Å². The van der Waals surface area contributed by atoms with Gasteiger partial charge in [-0.2, -0.15) is 0 Å². The van der Waals surface area contributed by atoms with Gasteiger partial charge in [-0.25, -0.2) is 0 Å². The van der Waals surface area contributed by atoms with Crippen LogP contribution in [-0.4, -0.2) is 22.2 Å². The van der Waals surface area contributed by atoms with Crippen molar-refractivity contribution in [1.29, 1.82) is 0 Å². The number of aldehydes is 1. The van der Waals surface area contributed by atoms with E-state index in [1.165, 1.54) is 18.2 Å². The van der Waals surface area contributed by atoms with Crippen molar-refractivity contribution in [3.05, 3.63) is 50.1 Å². The topological polar surface area (TPSA) is 103 Å². The van der Waals surface area contributed by atoms with Crippen LogP contribution in [-0.2, 0) is 4.79 Å². The summed E-state index contributed by atoms with van der Waals surface area (Å²) in [5.74, 6) is -0.779. The number of para-hydroxylation sites is 1. The molecule has 0 saturated heterocycles. The number of hydrogen-bond acceptors (Lipinski definition) is 5. The molecule has 7 nitrogen and oxygen atoms in total. The molecule has 0 amide bonds. The summed E-state index contributed by atoms with van der Waals surface area (Å²) in [5.41, 5.74) is 0.0535. The van der Waals surface area contributed by atoms with E-state index in [-0.39, 0.29) is 24.1 Å². The summed E-state index contributed by atoms with van der Waals surface area (Å²) >= 11 is 0. The Bertz CT molecular complexity index is 489. The molecule has 2 atom stereocenters. The van der Waals surface area contributed by atoms with Gasteiger partial charge in [-0.15, -0.1) is 0 Å². The Labute approximate surface area is 109 Å². The minimum atomic E-state index is -1.01. The first-order chi connectivity index (χ1) is 9.02. The van der Waals surface area contributed by atoms with Crippen LogP contribution in [0.3, 0.4) is 0 Å². The number of nitrogens with zero attached hydrogens (tertiary/aromatic N) is 2. The predicted octanol–water partition coefficient (Wildman–Crippen LogP) is 2.32. The first-order valence-electron chi connectivity index (χ1n) is 5.83. The van der Waals surface area contributed by atoms with E-state index in [4.69, 9.17) is 0 Å². The fourth-order valence-corrected chi connectivity index (χ4v) is 2.14. The van der Waals surface area contributed by atoms with Gasteiger partial charge in [0, 0.05) is 29.4 Å². The summed E-state index contributed by atoms with van der Waals surface area (Å²) in [4.78, 5) is 31.6. The summed E-state index contributed by atoms with van der Waals surface area (Å²) in [6.07, 6.45) is 0.662. The molecule has 0 saturated carbocycles. The van der Waals surface area contributed by atoms with E-state index in [0.29, 0.717) is 6.29 Å². The molecule has 1 rings (SSSR count). The van der Waals surface area contributed by atoms with Gasteiger partial charge < -0.3 is 4.79 Å². The lowest BCUT2D eigenvalue weighted by molar-refractivity contribution is -0.527. The molecule has 0 fully saturated rings. The average molecular weight is 266 g/mol. The maximum Gasteiger partial charge on any atom is 0.273 e. The summed E-state index contributed by atoms with van der Waals surface area (Å²) in [6, 6.07) is 4.82. The first kappa shape index (κ1) is 14.7. The van der Waals surface area contributed by atoms with Crippen LogP contribution in [0.4, 0.5) is 5.69 Å². The molecule has 102 valence electrons. The van der Waals surface area contributed by atoms with E-state index >= 15 is 0 Å². The van der Waals surface area contributed by atoms with Gasteiger partial charge in [0.2, 0.25) is 6.04 Å². The Balaban J connectivity index is 3.29. The van der Waals surface area contributed by atoms with Gasteiger partial charge >= 0.3 is 0 Å². The van der Waals surface area contributed by atoms with Gasteiger partial charge in [0.05, 0.1) is 10.8 Å². The molecule has 0 aliphatic rings. The van der Waals surface area contributed by atoms with E-state index in [9.17, 15) is 25.0 Å². The van der Waals surface area contributed by atoms with Crippen molar-refractivity contribution < 1.29 is 14.6 Å². The summed E-state index contributed by atoms with van der Waals surface area (Å²) in [7, 11) is 0. The van der Waals surface area contributed by atoms with E-state index in [0.717, 1.165) is 0 Å². The summed E-state index contributed by atoms with van der Waals surface area (Å²) in [6.45, 7) is 1.63. The monoisotopic (exact) mass is 266 g/mol. The third-order valence-corrected chi connectivity index (χ3v) is 3.04. The molecule has 0 aliphatic heterocycles. The SMILES string of the molecule is CC[C@@H]([C@@H](CC=O)c1ccccc1[N+](=O)[O-])[N+](=O)[O-]. The molecule has 1 aromatic carbocycles. The van der Waals surface area contributed by atoms with Crippen molar-refractivity contribution in [2.24, 2.45) is 0 Å². The molecule has 0 radical (unpaired) electrons. The highest BCUT2D eigenvalue weighted by molar-refractivity contribution is 5.54. The van der Waals surface area contributed by atoms with E-state index in [1.54, 1.807) is 13.0 Å². The van der Waals surface area contributed by atoms with Gasteiger partial charge in [0.25, 0.3) is 5.69 Å². The van der Waals surface area contributed by atoms with Gasteiger partial charge in [-0.05, 0) is 0 Å². The Morgan fingerprint density at radius 2 is 1.89 bits per heavy atom. The van der Waals surface area contributed by atoms with Gasteiger partial charge in [-0.3, -0.25) is 20.2 Å². The third kappa shape index (κ3) is 3.34. The molecule has 0 heterocycles. The molecule has 19 heavy (non-hydrogen) atoms. The Kier molecular flexibility index (Phi) is 5.11. The van der Waals surface area contributed by atoms with Crippen molar-refractivity contribution >= 4 is 12.0 Å². The number of hydrogen-bond donors (Lipinski definition) is 0. The van der Waals surface area contributed by atoms with Crippen molar-refractivity contribution in [2.75, 3.05) is 0 Å². The van der Waals surface area contributed by atoms with Crippen LogP contribution in [0, 0.1) is 20.2 Å². The minimum Gasteiger partial charge on any atom is -0.303 e. The lowest BCUT2D eigenvalue weighted by Crippen LogP contribution is -2.27. The molecule has 1 aromatic rings. The Hall–Kier alpha value is -2.31. The van der Waals surface area contributed by atoms with Gasteiger partial charge in [0.15, 0.2) is 0 Å². The number of rotatable bonds is 7.